The highest BCUT2D eigenvalue weighted by molar-refractivity contribution is 7.11. The lowest BCUT2D eigenvalue weighted by Crippen LogP contribution is -2.33. The highest BCUT2D eigenvalue weighted by atomic mass is 32.1. The van der Waals surface area contributed by atoms with Gasteiger partial charge in [-0.2, -0.15) is 0 Å². The van der Waals surface area contributed by atoms with E-state index in [4.69, 9.17) is 4.98 Å². The lowest BCUT2D eigenvalue weighted by molar-refractivity contribution is 0.176. The molecule has 1 aliphatic rings. The van der Waals surface area contributed by atoms with E-state index in [9.17, 15) is 0 Å². The molecule has 108 valence electrons. The van der Waals surface area contributed by atoms with Gasteiger partial charge in [0.2, 0.25) is 0 Å². The van der Waals surface area contributed by atoms with Crippen LogP contribution in [-0.2, 0) is 13.1 Å². The molecule has 0 bridgehead atoms. The maximum absolute atomic E-state index is 4.75. The Balaban J connectivity index is 1.88. The topological polar surface area (TPSA) is 28.2 Å². The molecule has 4 heteroatoms. The molecule has 1 fully saturated rings. The number of nitrogens with one attached hydrogen (secondary N) is 1. The largest absolute Gasteiger partial charge is 0.312 e. The van der Waals surface area contributed by atoms with Crippen molar-refractivity contribution < 1.29 is 0 Å². The number of thiazole rings is 1. The normalized spacial score (nSPS) is 20.9. The first-order valence-electron chi connectivity index (χ1n) is 7.57. The molecule has 0 spiro atoms. The summed E-state index contributed by atoms with van der Waals surface area (Å²) in [6.45, 7) is 12.3. The molecule has 1 unspecified atom stereocenters. The van der Waals surface area contributed by atoms with Crippen LogP contribution in [0.2, 0.25) is 0 Å². The molecule has 1 atom stereocenters. The van der Waals surface area contributed by atoms with Crippen molar-refractivity contribution in [1.29, 1.82) is 0 Å². The van der Waals surface area contributed by atoms with Crippen molar-refractivity contribution in [3.8, 4) is 0 Å². The second-order valence-electron chi connectivity index (χ2n) is 5.78. The van der Waals surface area contributed by atoms with Gasteiger partial charge < -0.3 is 5.32 Å². The van der Waals surface area contributed by atoms with Crippen molar-refractivity contribution in [2.45, 2.75) is 53.1 Å². The second kappa shape index (κ2) is 7.36. The SMILES string of the molecule is CCCNCc1sc(CN2CCCC(C)C2)nc1C. The van der Waals surface area contributed by atoms with Crippen LogP contribution >= 0.6 is 11.3 Å². The predicted octanol–water partition coefficient (Wildman–Crippen LogP) is 3.18. The van der Waals surface area contributed by atoms with E-state index < -0.39 is 0 Å². The van der Waals surface area contributed by atoms with Gasteiger partial charge in [-0.25, -0.2) is 4.98 Å². The van der Waals surface area contributed by atoms with Crippen LogP contribution in [0.25, 0.3) is 0 Å². The van der Waals surface area contributed by atoms with Gasteiger partial charge in [-0.05, 0) is 45.2 Å². The van der Waals surface area contributed by atoms with Gasteiger partial charge in [-0.3, -0.25) is 4.90 Å². The van der Waals surface area contributed by atoms with Crippen LogP contribution < -0.4 is 5.32 Å². The Morgan fingerprint density at radius 3 is 3.05 bits per heavy atom. The zero-order chi connectivity index (χ0) is 13.7. The summed E-state index contributed by atoms with van der Waals surface area (Å²) >= 11 is 1.89. The van der Waals surface area contributed by atoms with E-state index in [1.807, 2.05) is 11.3 Å². The molecule has 2 heterocycles. The maximum atomic E-state index is 4.75. The summed E-state index contributed by atoms with van der Waals surface area (Å²) in [5.41, 5.74) is 1.22. The fourth-order valence-electron chi connectivity index (χ4n) is 2.72. The summed E-state index contributed by atoms with van der Waals surface area (Å²) in [5.74, 6) is 0.848. The third-order valence-corrected chi connectivity index (χ3v) is 4.89. The van der Waals surface area contributed by atoms with E-state index in [-0.39, 0.29) is 0 Å². The third-order valence-electron chi connectivity index (χ3n) is 3.75. The Labute approximate surface area is 121 Å². The molecule has 0 saturated carbocycles. The first-order chi connectivity index (χ1) is 9.19. The highest BCUT2D eigenvalue weighted by Crippen LogP contribution is 2.22. The molecular formula is C15H27N3S. The Morgan fingerprint density at radius 2 is 2.32 bits per heavy atom. The lowest BCUT2D eigenvalue weighted by Gasteiger charge is -2.29. The Kier molecular flexibility index (Phi) is 5.79. The van der Waals surface area contributed by atoms with E-state index in [1.54, 1.807) is 0 Å². The molecule has 0 amide bonds. The summed E-state index contributed by atoms with van der Waals surface area (Å²) in [4.78, 5) is 8.72. The van der Waals surface area contributed by atoms with Crippen LogP contribution in [0.1, 0.15) is 48.7 Å². The van der Waals surface area contributed by atoms with Gasteiger partial charge in [0.25, 0.3) is 0 Å². The molecule has 1 aromatic rings. The van der Waals surface area contributed by atoms with Crippen molar-refractivity contribution >= 4 is 11.3 Å². The average molecular weight is 281 g/mol. The van der Waals surface area contributed by atoms with Gasteiger partial charge in [0, 0.05) is 18.0 Å². The van der Waals surface area contributed by atoms with Gasteiger partial charge in [0.05, 0.1) is 12.2 Å². The summed E-state index contributed by atoms with van der Waals surface area (Å²) in [6, 6.07) is 0. The minimum absolute atomic E-state index is 0.848. The molecule has 19 heavy (non-hydrogen) atoms. The molecule has 1 aromatic heterocycles. The summed E-state index contributed by atoms with van der Waals surface area (Å²) in [5, 5.41) is 4.76. The van der Waals surface area contributed by atoms with Crippen LogP contribution in [0.15, 0.2) is 0 Å². The van der Waals surface area contributed by atoms with Crippen molar-refractivity contribution in [2.24, 2.45) is 5.92 Å². The zero-order valence-corrected chi connectivity index (χ0v) is 13.4. The minimum Gasteiger partial charge on any atom is -0.312 e. The molecule has 0 aliphatic carbocycles. The molecule has 2 rings (SSSR count). The van der Waals surface area contributed by atoms with E-state index >= 15 is 0 Å². The number of aromatic nitrogens is 1. The number of aryl methyl sites for hydroxylation is 1. The molecule has 1 N–H and O–H groups in total. The Morgan fingerprint density at radius 1 is 1.47 bits per heavy atom. The zero-order valence-electron chi connectivity index (χ0n) is 12.5. The van der Waals surface area contributed by atoms with Crippen molar-refractivity contribution in [2.75, 3.05) is 19.6 Å². The van der Waals surface area contributed by atoms with Crippen LogP contribution in [0, 0.1) is 12.8 Å². The van der Waals surface area contributed by atoms with E-state index in [1.165, 1.54) is 47.9 Å². The van der Waals surface area contributed by atoms with Gasteiger partial charge in [-0.1, -0.05) is 13.8 Å². The van der Waals surface area contributed by atoms with Gasteiger partial charge in [-0.15, -0.1) is 11.3 Å². The number of hydrogen-bond acceptors (Lipinski definition) is 4. The van der Waals surface area contributed by atoms with E-state index in [0.717, 1.165) is 25.6 Å². The summed E-state index contributed by atoms with van der Waals surface area (Å²) in [6.07, 6.45) is 3.92. The minimum atomic E-state index is 0.848. The standard InChI is InChI=1S/C15H27N3S/c1-4-7-16-9-14-13(3)17-15(19-14)11-18-8-5-6-12(2)10-18/h12,16H,4-11H2,1-3H3. The molecule has 0 radical (unpaired) electrons. The van der Waals surface area contributed by atoms with Crippen molar-refractivity contribution in [3.63, 3.8) is 0 Å². The molecule has 1 aliphatic heterocycles. The number of hydrogen-bond donors (Lipinski definition) is 1. The van der Waals surface area contributed by atoms with Crippen LogP contribution in [0.4, 0.5) is 0 Å². The van der Waals surface area contributed by atoms with Gasteiger partial charge >= 0.3 is 0 Å². The Bertz CT molecular complexity index is 389. The Hall–Kier alpha value is -0.450. The highest BCUT2D eigenvalue weighted by Gasteiger charge is 2.18. The van der Waals surface area contributed by atoms with E-state index in [2.05, 4.69) is 31.0 Å². The second-order valence-corrected chi connectivity index (χ2v) is 6.94. The fourth-order valence-corrected chi connectivity index (χ4v) is 3.80. The smallest absolute Gasteiger partial charge is 0.107 e. The molecule has 0 aromatic carbocycles. The summed E-state index contributed by atoms with van der Waals surface area (Å²) in [7, 11) is 0. The third kappa shape index (κ3) is 4.55. The molecule has 3 nitrogen and oxygen atoms in total. The first-order valence-corrected chi connectivity index (χ1v) is 8.39. The van der Waals surface area contributed by atoms with Crippen LogP contribution in [0.3, 0.4) is 0 Å². The first kappa shape index (κ1) is 14.9. The number of piperidine rings is 1. The van der Waals surface area contributed by atoms with E-state index in [0.29, 0.717) is 0 Å². The average Bonchev–Trinajstić information content (AvgIpc) is 2.70. The van der Waals surface area contributed by atoms with Gasteiger partial charge in [0.1, 0.15) is 5.01 Å². The number of likely N-dealkylation sites (tertiary alicyclic amines) is 1. The predicted molar refractivity (Wildman–Crippen MR) is 82.5 cm³/mol. The lowest BCUT2D eigenvalue weighted by atomic mass is 10.0. The molecule has 1 saturated heterocycles. The van der Waals surface area contributed by atoms with Crippen molar-refractivity contribution in [1.82, 2.24) is 15.2 Å². The number of nitrogens with zero attached hydrogens (tertiary/aromatic N) is 2. The number of rotatable bonds is 6. The van der Waals surface area contributed by atoms with Crippen LogP contribution in [0.5, 0.6) is 0 Å². The monoisotopic (exact) mass is 281 g/mol. The summed E-state index contributed by atoms with van der Waals surface area (Å²) < 4.78 is 0. The maximum Gasteiger partial charge on any atom is 0.107 e. The van der Waals surface area contributed by atoms with Crippen molar-refractivity contribution in [3.05, 3.63) is 15.6 Å². The van der Waals surface area contributed by atoms with Gasteiger partial charge in [0.15, 0.2) is 0 Å². The fraction of sp³-hybridized carbons (Fsp3) is 0.800. The van der Waals surface area contributed by atoms with Crippen LogP contribution in [-0.4, -0.2) is 29.5 Å². The quantitative estimate of drug-likeness (QED) is 0.812. The molecular weight excluding hydrogens is 254 g/mol.